The van der Waals surface area contributed by atoms with Gasteiger partial charge in [-0.05, 0) is 20.0 Å². The molecule has 2 aliphatic rings. The molecule has 0 saturated carbocycles. The van der Waals surface area contributed by atoms with Crippen LogP contribution in [-0.2, 0) is 0 Å². The quantitative estimate of drug-likeness (QED) is 0.463. The number of likely N-dealkylation sites (N-methyl/N-ethyl adjacent to an activating group) is 1. The number of nitrogens with zero attached hydrogens (tertiary/aromatic N) is 1. The Kier molecular flexibility index (Phi) is 0.916. The van der Waals surface area contributed by atoms with Crippen molar-refractivity contribution in [3.63, 3.8) is 0 Å². The number of alkyl halides is 1. The summed E-state index contributed by atoms with van der Waals surface area (Å²) in [5.41, 5.74) is -0.222. The summed E-state index contributed by atoms with van der Waals surface area (Å²) in [5, 5.41) is 3.16. The van der Waals surface area contributed by atoms with Crippen molar-refractivity contribution < 1.29 is 4.39 Å². The second-order valence-electron chi connectivity index (χ2n) is 2.96. The zero-order valence-electron chi connectivity index (χ0n) is 5.52. The zero-order valence-corrected chi connectivity index (χ0v) is 5.52. The molecule has 2 aliphatic heterocycles. The molecule has 9 heavy (non-hydrogen) atoms. The molecule has 1 spiro atoms. The van der Waals surface area contributed by atoms with Crippen molar-refractivity contribution in [2.45, 2.75) is 18.3 Å². The topological polar surface area (TPSA) is 15.0 Å². The molecule has 3 heteroatoms. The van der Waals surface area contributed by atoms with Gasteiger partial charge in [-0.1, -0.05) is 0 Å². The second-order valence-corrected chi connectivity index (χ2v) is 2.96. The zero-order chi connectivity index (χ0) is 6.48. The maximum atomic E-state index is 12.9. The van der Waals surface area contributed by atoms with Crippen molar-refractivity contribution >= 4 is 0 Å². The summed E-state index contributed by atoms with van der Waals surface area (Å²) in [5.74, 6) is 0. The van der Waals surface area contributed by atoms with Gasteiger partial charge in [-0.3, -0.25) is 10.2 Å². The minimum atomic E-state index is -0.637. The van der Waals surface area contributed by atoms with E-state index in [1.165, 1.54) is 0 Å². The summed E-state index contributed by atoms with van der Waals surface area (Å²) in [6.07, 6.45) is 0.0483. The van der Waals surface area contributed by atoms with Crippen molar-refractivity contribution in [2.75, 3.05) is 20.1 Å². The number of hydrogen-bond acceptors (Lipinski definition) is 2. The van der Waals surface area contributed by atoms with Crippen molar-refractivity contribution in [3.05, 3.63) is 0 Å². The molecule has 0 bridgehead atoms. The van der Waals surface area contributed by atoms with E-state index in [0.717, 1.165) is 13.1 Å². The van der Waals surface area contributed by atoms with Crippen LogP contribution in [0.2, 0.25) is 0 Å². The Morgan fingerprint density at radius 2 is 2.44 bits per heavy atom. The largest absolute Gasteiger partial charge is 0.296 e. The lowest BCUT2D eigenvalue weighted by molar-refractivity contribution is 0.243. The van der Waals surface area contributed by atoms with Crippen LogP contribution in [-0.4, -0.2) is 36.9 Å². The lowest BCUT2D eigenvalue weighted by Gasteiger charge is -2.09. The molecule has 2 fully saturated rings. The minimum absolute atomic E-state index is 0.222. The molecule has 3 atom stereocenters. The van der Waals surface area contributed by atoms with Crippen LogP contribution in [0.15, 0.2) is 0 Å². The molecule has 0 aromatic heterocycles. The Hall–Kier alpha value is -0.150. The molecule has 2 nitrogen and oxygen atoms in total. The van der Waals surface area contributed by atoms with Crippen LogP contribution >= 0.6 is 0 Å². The predicted octanol–water partition coefficient (Wildman–Crippen LogP) is -0.0405. The molecule has 1 N–H and O–H groups in total. The monoisotopic (exact) mass is 130 g/mol. The van der Waals surface area contributed by atoms with Gasteiger partial charge in [0.15, 0.2) is 0 Å². The molecule has 0 radical (unpaired) electrons. The Morgan fingerprint density at radius 1 is 1.78 bits per heavy atom. The van der Waals surface area contributed by atoms with E-state index in [9.17, 15) is 4.39 Å². The first-order valence-electron chi connectivity index (χ1n) is 3.36. The second kappa shape index (κ2) is 1.47. The van der Waals surface area contributed by atoms with Crippen LogP contribution in [0, 0.1) is 0 Å². The summed E-state index contributed by atoms with van der Waals surface area (Å²) in [4.78, 5) is 2.02. The lowest BCUT2D eigenvalue weighted by atomic mass is 10.2. The van der Waals surface area contributed by atoms with E-state index < -0.39 is 6.17 Å². The van der Waals surface area contributed by atoms with Crippen LogP contribution in [0.4, 0.5) is 4.39 Å². The lowest BCUT2D eigenvalue weighted by Crippen LogP contribution is -2.35. The number of nitrogens with one attached hydrogen (secondary N) is 1. The molecule has 3 unspecified atom stereocenters. The Bertz CT molecular complexity index is 139. The van der Waals surface area contributed by atoms with Crippen LogP contribution in [0.3, 0.4) is 0 Å². The van der Waals surface area contributed by atoms with E-state index in [0.29, 0.717) is 6.42 Å². The van der Waals surface area contributed by atoms with Crippen LogP contribution in [0.25, 0.3) is 0 Å². The fourth-order valence-electron chi connectivity index (χ4n) is 1.62. The standard InChI is InChI=1S/C6H11FN2/c1-9-4-6(9)5(7)2-3-8-6/h5,8H,2-4H2,1H3. The van der Waals surface area contributed by atoms with Gasteiger partial charge >= 0.3 is 0 Å². The van der Waals surface area contributed by atoms with Gasteiger partial charge < -0.3 is 0 Å². The Balaban J connectivity index is 2.12. The van der Waals surface area contributed by atoms with Crippen LogP contribution in [0.1, 0.15) is 6.42 Å². The van der Waals surface area contributed by atoms with Gasteiger partial charge in [0.1, 0.15) is 11.8 Å². The third kappa shape index (κ3) is 0.563. The first-order valence-corrected chi connectivity index (χ1v) is 3.36. The number of rotatable bonds is 0. The van der Waals surface area contributed by atoms with Gasteiger partial charge in [0.2, 0.25) is 0 Å². The number of hydrogen-bond donors (Lipinski definition) is 1. The van der Waals surface area contributed by atoms with Gasteiger partial charge in [-0.25, -0.2) is 4.39 Å². The summed E-state index contributed by atoms with van der Waals surface area (Å²) < 4.78 is 12.9. The molecule has 2 heterocycles. The van der Waals surface area contributed by atoms with Crippen molar-refractivity contribution in [3.8, 4) is 0 Å². The van der Waals surface area contributed by atoms with E-state index in [1.807, 2.05) is 11.9 Å². The predicted molar refractivity (Wildman–Crippen MR) is 32.9 cm³/mol. The molecule has 0 aromatic carbocycles. The fraction of sp³-hybridized carbons (Fsp3) is 1.00. The highest BCUT2D eigenvalue weighted by atomic mass is 19.1. The highest BCUT2D eigenvalue weighted by Gasteiger charge is 2.58. The van der Waals surface area contributed by atoms with E-state index in [2.05, 4.69) is 5.32 Å². The van der Waals surface area contributed by atoms with Crippen molar-refractivity contribution in [1.82, 2.24) is 10.2 Å². The SMILES string of the molecule is CN1CC12NCCC2F. The van der Waals surface area contributed by atoms with Crippen LogP contribution in [0.5, 0.6) is 0 Å². The molecular weight excluding hydrogens is 119 g/mol. The third-order valence-electron chi connectivity index (χ3n) is 2.40. The molecule has 0 aromatic rings. The Morgan fingerprint density at radius 3 is 2.67 bits per heavy atom. The molecule has 2 saturated heterocycles. The number of halogens is 1. The molecule has 0 amide bonds. The maximum Gasteiger partial charge on any atom is 0.134 e. The van der Waals surface area contributed by atoms with Crippen LogP contribution < -0.4 is 5.32 Å². The first-order chi connectivity index (χ1) is 4.26. The van der Waals surface area contributed by atoms with Gasteiger partial charge in [-0.15, -0.1) is 0 Å². The van der Waals surface area contributed by atoms with Gasteiger partial charge in [0.05, 0.1) is 0 Å². The van der Waals surface area contributed by atoms with Gasteiger partial charge in [-0.2, -0.15) is 0 Å². The molecular formula is C6H11FN2. The van der Waals surface area contributed by atoms with Gasteiger partial charge in [0.25, 0.3) is 0 Å². The molecule has 52 valence electrons. The van der Waals surface area contributed by atoms with E-state index in [4.69, 9.17) is 0 Å². The van der Waals surface area contributed by atoms with E-state index >= 15 is 0 Å². The first kappa shape index (κ1) is 5.62. The van der Waals surface area contributed by atoms with Gasteiger partial charge in [0, 0.05) is 6.54 Å². The highest BCUT2D eigenvalue weighted by molar-refractivity contribution is 5.11. The highest BCUT2D eigenvalue weighted by Crippen LogP contribution is 2.37. The van der Waals surface area contributed by atoms with E-state index in [-0.39, 0.29) is 5.66 Å². The average Bonchev–Trinajstić information content (AvgIpc) is 2.29. The van der Waals surface area contributed by atoms with Crippen molar-refractivity contribution in [1.29, 1.82) is 0 Å². The summed E-state index contributed by atoms with van der Waals surface area (Å²) in [7, 11) is 1.95. The Labute approximate surface area is 54.0 Å². The van der Waals surface area contributed by atoms with E-state index in [1.54, 1.807) is 0 Å². The third-order valence-corrected chi connectivity index (χ3v) is 2.40. The minimum Gasteiger partial charge on any atom is -0.296 e. The van der Waals surface area contributed by atoms with Crippen molar-refractivity contribution in [2.24, 2.45) is 0 Å². The smallest absolute Gasteiger partial charge is 0.134 e. The molecule has 0 aliphatic carbocycles. The summed E-state index contributed by atoms with van der Waals surface area (Å²) in [6, 6.07) is 0. The normalized spacial score (nSPS) is 56.7. The summed E-state index contributed by atoms with van der Waals surface area (Å²) >= 11 is 0. The maximum absolute atomic E-state index is 12.9. The average molecular weight is 130 g/mol. The summed E-state index contributed by atoms with van der Waals surface area (Å²) in [6.45, 7) is 1.72. The fourth-order valence-corrected chi connectivity index (χ4v) is 1.62. The molecule has 2 rings (SSSR count).